The monoisotopic (exact) mass is 296 g/mol. The zero-order valence-corrected chi connectivity index (χ0v) is 14.0. The van der Waals surface area contributed by atoms with E-state index in [1.54, 1.807) is 24.3 Å². The van der Waals surface area contributed by atoms with Crippen LogP contribution in [0.3, 0.4) is 0 Å². The van der Waals surface area contributed by atoms with Crippen LogP contribution in [0.5, 0.6) is 0 Å². The normalized spacial score (nSPS) is 12.6. The molecule has 1 aromatic rings. The van der Waals surface area contributed by atoms with Gasteiger partial charge in [-0.1, -0.05) is 45.9 Å². The summed E-state index contributed by atoms with van der Waals surface area (Å²) in [6, 6.07) is 8.89. The van der Waals surface area contributed by atoms with E-state index in [0.717, 1.165) is 25.7 Å². The molecule has 0 aliphatic heterocycles. The summed E-state index contributed by atoms with van der Waals surface area (Å²) < 4.78 is 25.5. The molecule has 0 saturated carbocycles. The summed E-state index contributed by atoms with van der Waals surface area (Å²) in [6.45, 7) is 8.59. The van der Waals surface area contributed by atoms with Gasteiger partial charge in [0, 0.05) is 0 Å². The van der Waals surface area contributed by atoms with Crippen LogP contribution in [0.4, 0.5) is 0 Å². The lowest BCUT2D eigenvalue weighted by atomic mass is 10.0. The highest BCUT2D eigenvalue weighted by molar-refractivity contribution is 7.92. The third-order valence-electron chi connectivity index (χ3n) is 3.64. The summed E-state index contributed by atoms with van der Waals surface area (Å²) in [4.78, 5) is 0.470. The van der Waals surface area contributed by atoms with Gasteiger partial charge in [-0.15, -0.1) is 0 Å². The Kier molecular flexibility index (Phi) is 6.74. The Morgan fingerprint density at radius 2 is 1.25 bits per heavy atom. The van der Waals surface area contributed by atoms with Crippen LogP contribution >= 0.6 is 0 Å². The minimum absolute atomic E-state index is 0.241. The smallest absolute Gasteiger partial charge is 0.181 e. The fraction of sp³-hybridized carbons (Fsp3) is 0.647. The number of sulfone groups is 1. The first-order valence-electron chi connectivity index (χ1n) is 7.63. The predicted molar refractivity (Wildman–Crippen MR) is 85.6 cm³/mol. The molecule has 2 nitrogen and oxygen atoms in total. The van der Waals surface area contributed by atoms with Crippen LogP contribution in [-0.2, 0) is 9.84 Å². The first kappa shape index (κ1) is 17.2. The van der Waals surface area contributed by atoms with Crippen LogP contribution in [0.2, 0.25) is 0 Å². The average Bonchev–Trinajstić information content (AvgIpc) is 2.38. The minimum Gasteiger partial charge on any atom is -0.223 e. The molecule has 0 N–H and O–H groups in total. The molecule has 0 unspecified atom stereocenters. The lowest BCUT2D eigenvalue weighted by Crippen LogP contribution is -2.23. The SMILES string of the molecule is CC(C)CCC(CCC(C)C)S(=O)(=O)c1ccccc1. The van der Waals surface area contributed by atoms with Crippen molar-refractivity contribution in [1.82, 2.24) is 0 Å². The molecular formula is C17H28O2S. The molecule has 0 radical (unpaired) electrons. The van der Waals surface area contributed by atoms with Gasteiger partial charge in [0.25, 0.3) is 0 Å². The predicted octanol–water partition coefficient (Wildman–Crippen LogP) is 4.70. The van der Waals surface area contributed by atoms with Crippen LogP contribution in [0.25, 0.3) is 0 Å². The van der Waals surface area contributed by atoms with Gasteiger partial charge in [0.15, 0.2) is 9.84 Å². The van der Waals surface area contributed by atoms with Crippen molar-refractivity contribution in [1.29, 1.82) is 0 Å². The van der Waals surface area contributed by atoms with Crippen molar-refractivity contribution in [3.63, 3.8) is 0 Å². The second-order valence-corrected chi connectivity index (χ2v) is 8.65. The summed E-state index contributed by atoms with van der Waals surface area (Å²) in [7, 11) is -3.19. The molecule has 0 spiro atoms. The Morgan fingerprint density at radius 3 is 1.65 bits per heavy atom. The highest BCUT2D eigenvalue weighted by Crippen LogP contribution is 2.25. The first-order chi connectivity index (χ1) is 9.34. The maximum absolute atomic E-state index is 12.8. The number of rotatable bonds is 8. The van der Waals surface area contributed by atoms with Gasteiger partial charge in [-0.05, 0) is 49.7 Å². The van der Waals surface area contributed by atoms with Gasteiger partial charge in [-0.25, -0.2) is 8.42 Å². The van der Waals surface area contributed by atoms with Crippen molar-refractivity contribution >= 4 is 9.84 Å². The molecule has 1 aromatic carbocycles. The van der Waals surface area contributed by atoms with Gasteiger partial charge in [-0.3, -0.25) is 0 Å². The van der Waals surface area contributed by atoms with Crippen LogP contribution in [-0.4, -0.2) is 13.7 Å². The highest BCUT2D eigenvalue weighted by Gasteiger charge is 2.27. The van der Waals surface area contributed by atoms with E-state index >= 15 is 0 Å². The summed E-state index contributed by atoms with van der Waals surface area (Å²) >= 11 is 0. The third kappa shape index (κ3) is 5.28. The Balaban J connectivity index is 2.90. The van der Waals surface area contributed by atoms with Gasteiger partial charge in [0.2, 0.25) is 0 Å². The van der Waals surface area contributed by atoms with Crippen molar-refractivity contribution in [2.24, 2.45) is 11.8 Å². The summed E-state index contributed by atoms with van der Waals surface area (Å²) in [5.74, 6) is 1.09. The Labute approximate surface area is 124 Å². The molecule has 20 heavy (non-hydrogen) atoms. The molecule has 0 heterocycles. The lowest BCUT2D eigenvalue weighted by molar-refractivity contribution is 0.474. The van der Waals surface area contributed by atoms with Crippen LogP contribution in [0.15, 0.2) is 35.2 Å². The van der Waals surface area contributed by atoms with Crippen LogP contribution in [0.1, 0.15) is 53.4 Å². The van der Waals surface area contributed by atoms with E-state index in [-0.39, 0.29) is 5.25 Å². The molecule has 0 amide bonds. The summed E-state index contributed by atoms with van der Waals surface area (Å²) in [6.07, 6.45) is 3.47. The molecule has 0 aromatic heterocycles. The summed E-state index contributed by atoms with van der Waals surface area (Å²) in [5.41, 5.74) is 0. The topological polar surface area (TPSA) is 34.1 Å². The van der Waals surface area contributed by atoms with Gasteiger partial charge >= 0.3 is 0 Å². The van der Waals surface area contributed by atoms with E-state index in [9.17, 15) is 8.42 Å². The van der Waals surface area contributed by atoms with Crippen molar-refractivity contribution in [2.75, 3.05) is 0 Å². The van der Waals surface area contributed by atoms with E-state index < -0.39 is 9.84 Å². The standard InChI is InChI=1S/C17H28O2S/c1-14(2)10-12-17(13-11-15(3)4)20(18,19)16-8-6-5-7-9-16/h5-9,14-15,17H,10-13H2,1-4H3. The Hall–Kier alpha value is -0.830. The minimum atomic E-state index is -3.19. The fourth-order valence-electron chi connectivity index (χ4n) is 2.30. The maximum atomic E-state index is 12.8. The molecule has 0 fully saturated rings. The molecule has 114 valence electrons. The van der Waals surface area contributed by atoms with Gasteiger partial charge in [0.05, 0.1) is 10.1 Å². The van der Waals surface area contributed by atoms with Crippen molar-refractivity contribution in [3.05, 3.63) is 30.3 Å². The molecular weight excluding hydrogens is 268 g/mol. The van der Waals surface area contributed by atoms with Crippen molar-refractivity contribution in [3.8, 4) is 0 Å². The molecule has 3 heteroatoms. The average molecular weight is 296 g/mol. The Morgan fingerprint density at radius 1 is 0.800 bits per heavy atom. The number of hydrogen-bond donors (Lipinski definition) is 0. The molecule has 0 saturated heterocycles. The zero-order chi connectivity index (χ0) is 15.2. The van der Waals surface area contributed by atoms with E-state index in [4.69, 9.17) is 0 Å². The van der Waals surface area contributed by atoms with E-state index in [2.05, 4.69) is 27.7 Å². The van der Waals surface area contributed by atoms with E-state index in [0.29, 0.717) is 16.7 Å². The van der Waals surface area contributed by atoms with E-state index in [1.165, 1.54) is 0 Å². The lowest BCUT2D eigenvalue weighted by Gasteiger charge is -2.19. The largest absolute Gasteiger partial charge is 0.223 e. The third-order valence-corrected chi connectivity index (χ3v) is 5.92. The zero-order valence-electron chi connectivity index (χ0n) is 13.2. The second kappa shape index (κ2) is 7.82. The summed E-state index contributed by atoms with van der Waals surface area (Å²) in [5, 5.41) is -0.241. The maximum Gasteiger partial charge on any atom is 0.181 e. The fourth-order valence-corrected chi connectivity index (χ4v) is 4.11. The van der Waals surface area contributed by atoms with Gasteiger partial charge in [0.1, 0.15) is 0 Å². The van der Waals surface area contributed by atoms with Gasteiger partial charge < -0.3 is 0 Å². The second-order valence-electron chi connectivity index (χ2n) is 6.42. The Bertz CT molecular complexity index is 463. The van der Waals surface area contributed by atoms with Crippen LogP contribution in [0, 0.1) is 11.8 Å². The molecule has 1 rings (SSSR count). The van der Waals surface area contributed by atoms with Crippen molar-refractivity contribution in [2.45, 2.75) is 63.5 Å². The van der Waals surface area contributed by atoms with Crippen LogP contribution < -0.4 is 0 Å². The molecule has 0 atom stereocenters. The number of benzene rings is 1. The molecule has 0 aliphatic carbocycles. The molecule has 0 aliphatic rings. The first-order valence-corrected chi connectivity index (χ1v) is 9.17. The van der Waals surface area contributed by atoms with Crippen molar-refractivity contribution < 1.29 is 8.42 Å². The quantitative estimate of drug-likeness (QED) is 0.696. The highest BCUT2D eigenvalue weighted by atomic mass is 32.2. The van der Waals surface area contributed by atoms with E-state index in [1.807, 2.05) is 6.07 Å². The number of hydrogen-bond acceptors (Lipinski definition) is 2. The van der Waals surface area contributed by atoms with Gasteiger partial charge in [-0.2, -0.15) is 0 Å². The molecule has 0 bridgehead atoms.